The van der Waals surface area contributed by atoms with E-state index >= 15 is 0 Å². The van der Waals surface area contributed by atoms with Gasteiger partial charge < -0.3 is 4.90 Å². The Balaban J connectivity index is 1.92. The van der Waals surface area contributed by atoms with Gasteiger partial charge in [0.15, 0.2) is 0 Å². The molecule has 0 amide bonds. The molecule has 0 N–H and O–H groups in total. The van der Waals surface area contributed by atoms with Crippen LogP contribution in [0.2, 0.25) is 0 Å². The number of fused-ring (bicyclic) bond motifs is 3. The molecule has 0 spiro atoms. The highest BCUT2D eigenvalue weighted by Crippen LogP contribution is 2.43. The summed E-state index contributed by atoms with van der Waals surface area (Å²) in [4.78, 5) is 7.38. The smallest absolute Gasteiger partial charge is 0.0742 e. The number of nitrogens with zero attached hydrogens (tertiary/aromatic N) is 2. The highest BCUT2D eigenvalue weighted by molar-refractivity contribution is 9.10. The van der Waals surface area contributed by atoms with Gasteiger partial charge in [0.2, 0.25) is 0 Å². The molecule has 1 aliphatic heterocycles. The molecule has 0 unspecified atom stereocenters. The van der Waals surface area contributed by atoms with Crippen molar-refractivity contribution in [1.82, 2.24) is 4.98 Å². The summed E-state index contributed by atoms with van der Waals surface area (Å²) in [5, 5.41) is 2.40. The Hall–Kier alpha value is -2.39. The van der Waals surface area contributed by atoms with Crippen LogP contribution in [0.4, 0.5) is 11.4 Å². The van der Waals surface area contributed by atoms with E-state index in [2.05, 4.69) is 87.6 Å². The number of para-hydroxylation sites is 2. The summed E-state index contributed by atoms with van der Waals surface area (Å²) in [5.41, 5.74) is 6.09. The van der Waals surface area contributed by atoms with Crippen molar-refractivity contribution in [2.45, 2.75) is 12.8 Å². The van der Waals surface area contributed by atoms with E-state index in [4.69, 9.17) is 4.98 Å². The van der Waals surface area contributed by atoms with E-state index in [1.807, 2.05) is 0 Å². The van der Waals surface area contributed by atoms with E-state index in [1.165, 1.54) is 34.1 Å². The van der Waals surface area contributed by atoms with Crippen LogP contribution in [-0.2, 0) is 6.42 Å². The lowest BCUT2D eigenvalue weighted by Gasteiger charge is -2.33. The molecular weight excluding hydrogens is 372 g/mol. The minimum atomic E-state index is 1.03. The van der Waals surface area contributed by atoms with Gasteiger partial charge >= 0.3 is 0 Å². The van der Waals surface area contributed by atoms with Gasteiger partial charge in [-0.15, -0.1) is 0 Å². The van der Waals surface area contributed by atoms with E-state index in [0.717, 1.165) is 28.5 Å². The molecule has 122 valence electrons. The Labute approximate surface area is 155 Å². The molecule has 25 heavy (non-hydrogen) atoms. The number of benzene rings is 3. The highest BCUT2D eigenvalue weighted by Gasteiger charge is 2.23. The Bertz CT molecular complexity index is 1100. The standard InChI is InChI=1S/C22H17BrN2/c23-17-10-5-12-19-21(17)22(16-9-2-3-11-18(16)24-19)25-14-6-8-15-7-1-4-13-20(15)25/h1-5,7,9-13H,6,8,14H2. The number of rotatable bonds is 1. The summed E-state index contributed by atoms with van der Waals surface area (Å²) >= 11 is 3.77. The quantitative estimate of drug-likeness (QED) is 0.359. The monoisotopic (exact) mass is 388 g/mol. The van der Waals surface area contributed by atoms with E-state index in [1.54, 1.807) is 0 Å². The molecule has 0 atom stereocenters. The Morgan fingerprint density at radius 2 is 1.64 bits per heavy atom. The summed E-state index contributed by atoms with van der Waals surface area (Å²) in [6.45, 7) is 1.03. The fourth-order valence-electron chi connectivity index (χ4n) is 3.92. The third-order valence-electron chi connectivity index (χ3n) is 5.01. The molecule has 4 aromatic rings. The van der Waals surface area contributed by atoms with Crippen LogP contribution >= 0.6 is 15.9 Å². The van der Waals surface area contributed by atoms with Crippen LogP contribution in [0, 0.1) is 0 Å². The lowest BCUT2D eigenvalue weighted by atomic mass is 9.99. The molecule has 3 aromatic carbocycles. The maximum absolute atomic E-state index is 4.89. The van der Waals surface area contributed by atoms with Crippen molar-refractivity contribution in [2.75, 3.05) is 11.4 Å². The molecule has 0 aliphatic carbocycles. The second-order valence-corrected chi connectivity index (χ2v) is 7.35. The highest BCUT2D eigenvalue weighted by atomic mass is 79.9. The second kappa shape index (κ2) is 5.85. The van der Waals surface area contributed by atoms with Crippen LogP contribution in [0.1, 0.15) is 12.0 Å². The first-order valence-electron chi connectivity index (χ1n) is 8.65. The van der Waals surface area contributed by atoms with Crippen LogP contribution in [0.15, 0.2) is 71.2 Å². The van der Waals surface area contributed by atoms with Crippen molar-refractivity contribution in [3.8, 4) is 0 Å². The van der Waals surface area contributed by atoms with E-state index in [-0.39, 0.29) is 0 Å². The van der Waals surface area contributed by atoms with Gasteiger partial charge in [0, 0.05) is 27.5 Å². The van der Waals surface area contributed by atoms with Gasteiger partial charge in [-0.25, -0.2) is 4.98 Å². The van der Waals surface area contributed by atoms with Gasteiger partial charge in [-0.2, -0.15) is 0 Å². The minimum absolute atomic E-state index is 1.03. The van der Waals surface area contributed by atoms with Crippen LogP contribution < -0.4 is 4.90 Å². The summed E-state index contributed by atoms with van der Waals surface area (Å²) in [6.07, 6.45) is 2.31. The van der Waals surface area contributed by atoms with Gasteiger partial charge in [0.05, 0.1) is 16.7 Å². The molecule has 3 heteroatoms. The van der Waals surface area contributed by atoms with Crippen molar-refractivity contribution in [3.63, 3.8) is 0 Å². The van der Waals surface area contributed by atoms with Gasteiger partial charge in [-0.3, -0.25) is 0 Å². The minimum Gasteiger partial charge on any atom is -0.340 e. The molecule has 0 fully saturated rings. The first-order valence-corrected chi connectivity index (χ1v) is 9.44. The van der Waals surface area contributed by atoms with Gasteiger partial charge in [-0.05, 0) is 42.7 Å². The molecule has 1 aromatic heterocycles. The first-order chi connectivity index (χ1) is 12.3. The Morgan fingerprint density at radius 1 is 0.840 bits per heavy atom. The number of anilines is 2. The Kier molecular flexibility index (Phi) is 3.49. The number of hydrogen-bond donors (Lipinski definition) is 0. The van der Waals surface area contributed by atoms with Gasteiger partial charge in [0.1, 0.15) is 0 Å². The summed E-state index contributed by atoms with van der Waals surface area (Å²) in [5.74, 6) is 0. The zero-order chi connectivity index (χ0) is 16.8. The number of hydrogen-bond acceptors (Lipinski definition) is 2. The van der Waals surface area contributed by atoms with Crippen LogP contribution in [0.25, 0.3) is 21.8 Å². The van der Waals surface area contributed by atoms with Gasteiger partial charge in [-0.1, -0.05) is 58.4 Å². The van der Waals surface area contributed by atoms with Crippen molar-refractivity contribution >= 4 is 49.1 Å². The van der Waals surface area contributed by atoms with E-state index < -0.39 is 0 Å². The second-order valence-electron chi connectivity index (χ2n) is 6.50. The van der Waals surface area contributed by atoms with Crippen molar-refractivity contribution < 1.29 is 0 Å². The number of aryl methyl sites for hydroxylation is 1. The summed E-state index contributed by atoms with van der Waals surface area (Å²) < 4.78 is 1.10. The zero-order valence-corrected chi connectivity index (χ0v) is 15.3. The number of halogens is 1. The summed E-state index contributed by atoms with van der Waals surface area (Å²) in [6, 6.07) is 23.5. The average molecular weight is 389 g/mol. The SMILES string of the molecule is Brc1cccc2nc3ccccc3c(N3CCCc4ccccc43)c12. The largest absolute Gasteiger partial charge is 0.340 e. The predicted octanol–water partition coefficient (Wildman–Crippen LogP) is 6.23. The van der Waals surface area contributed by atoms with Crippen LogP contribution in [0.5, 0.6) is 0 Å². The zero-order valence-electron chi connectivity index (χ0n) is 13.7. The van der Waals surface area contributed by atoms with Gasteiger partial charge in [0.25, 0.3) is 0 Å². The van der Waals surface area contributed by atoms with E-state index in [0.29, 0.717) is 0 Å². The van der Waals surface area contributed by atoms with Crippen LogP contribution in [0.3, 0.4) is 0 Å². The number of aromatic nitrogens is 1. The topological polar surface area (TPSA) is 16.1 Å². The molecule has 0 bridgehead atoms. The third kappa shape index (κ3) is 2.34. The summed E-state index contributed by atoms with van der Waals surface area (Å²) in [7, 11) is 0. The predicted molar refractivity (Wildman–Crippen MR) is 109 cm³/mol. The average Bonchev–Trinajstić information content (AvgIpc) is 2.66. The van der Waals surface area contributed by atoms with Crippen molar-refractivity contribution in [3.05, 3.63) is 76.8 Å². The van der Waals surface area contributed by atoms with Crippen LogP contribution in [-0.4, -0.2) is 11.5 Å². The molecular formula is C22H17BrN2. The maximum atomic E-state index is 4.89. The molecule has 0 radical (unpaired) electrons. The molecule has 2 heterocycles. The Morgan fingerprint density at radius 3 is 2.60 bits per heavy atom. The molecule has 5 rings (SSSR count). The first kappa shape index (κ1) is 14.9. The fourth-order valence-corrected chi connectivity index (χ4v) is 4.47. The van der Waals surface area contributed by atoms with E-state index in [9.17, 15) is 0 Å². The third-order valence-corrected chi connectivity index (χ3v) is 5.67. The molecule has 1 aliphatic rings. The molecule has 0 saturated carbocycles. The van der Waals surface area contributed by atoms with Crippen molar-refractivity contribution in [2.24, 2.45) is 0 Å². The molecule has 2 nitrogen and oxygen atoms in total. The lowest BCUT2D eigenvalue weighted by molar-refractivity contribution is 0.770. The normalized spacial score (nSPS) is 14.0. The lowest BCUT2D eigenvalue weighted by Crippen LogP contribution is -2.25. The fraction of sp³-hybridized carbons (Fsp3) is 0.136. The molecule has 0 saturated heterocycles. The van der Waals surface area contributed by atoms with Crippen molar-refractivity contribution in [1.29, 1.82) is 0 Å². The maximum Gasteiger partial charge on any atom is 0.0742 e. The number of pyridine rings is 1.